The first-order valence-corrected chi connectivity index (χ1v) is 7.28. The molecule has 0 aliphatic rings. The number of benzene rings is 2. The predicted molar refractivity (Wildman–Crippen MR) is 85.6 cm³/mol. The van der Waals surface area contributed by atoms with Crippen molar-refractivity contribution in [2.75, 3.05) is 11.4 Å². The Labute approximate surface area is 121 Å². The summed E-state index contributed by atoms with van der Waals surface area (Å²) >= 11 is 0. The molecular weight excluding hydrogens is 246 g/mol. The van der Waals surface area contributed by atoms with E-state index < -0.39 is 6.10 Å². The lowest BCUT2D eigenvalue weighted by atomic mass is 10.0. The van der Waals surface area contributed by atoms with Crippen molar-refractivity contribution in [3.8, 4) is 0 Å². The summed E-state index contributed by atoms with van der Waals surface area (Å²) in [6.45, 7) is 7.10. The molecule has 2 aromatic rings. The summed E-state index contributed by atoms with van der Waals surface area (Å²) in [5.74, 6) is 0. The first-order chi connectivity index (χ1) is 9.67. The molecule has 0 fully saturated rings. The third-order valence-corrected chi connectivity index (χ3v) is 3.64. The Balaban J connectivity index is 2.44. The maximum absolute atomic E-state index is 10.2. The highest BCUT2D eigenvalue weighted by Crippen LogP contribution is 2.32. The number of aliphatic hydroxyl groups is 1. The van der Waals surface area contributed by atoms with Crippen LogP contribution in [0.3, 0.4) is 0 Å². The van der Waals surface area contributed by atoms with Crippen molar-refractivity contribution >= 4 is 11.4 Å². The van der Waals surface area contributed by atoms with Gasteiger partial charge in [0.1, 0.15) is 0 Å². The van der Waals surface area contributed by atoms with E-state index >= 15 is 0 Å². The van der Waals surface area contributed by atoms with E-state index in [1.165, 1.54) is 5.56 Å². The van der Waals surface area contributed by atoms with Crippen molar-refractivity contribution in [2.45, 2.75) is 33.3 Å². The minimum Gasteiger partial charge on any atom is -0.388 e. The van der Waals surface area contributed by atoms with E-state index in [0.29, 0.717) is 0 Å². The van der Waals surface area contributed by atoms with Crippen molar-refractivity contribution in [1.82, 2.24) is 0 Å². The predicted octanol–water partition coefficient (Wildman–Crippen LogP) is 4.60. The van der Waals surface area contributed by atoms with Gasteiger partial charge in [-0.05, 0) is 38.5 Å². The summed E-state index contributed by atoms with van der Waals surface area (Å²) in [5, 5.41) is 10.2. The molecule has 2 nitrogen and oxygen atoms in total. The van der Waals surface area contributed by atoms with Crippen LogP contribution >= 0.6 is 0 Å². The molecule has 2 aromatic carbocycles. The third kappa shape index (κ3) is 3.02. The van der Waals surface area contributed by atoms with Gasteiger partial charge in [0.25, 0.3) is 0 Å². The Bertz CT molecular complexity index is 548. The standard InChI is InChI=1S/C18H23NO/c1-4-18(20)16-8-6-7-9-17(16)19(5-2)15-12-10-14(3)11-13-15/h6-13,18,20H,4-5H2,1-3H3/t18-/m1/s1. The van der Waals surface area contributed by atoms with Crippen LogP contribution < -0.4 is 4.90 Å². The second-order valence-electron chi connectivity index (χ2n) is 5.06. The highest BCUT2D eigenvalue weighted by molar-refractivity contribution is 5.67. The Morgan fingerprint density at radius 1 is 1.00 bits per heavy atom. The van der Waals surface area contributed by atoms with Crippen molar-refractivity contribution < 1.29 is 5.11 Å². The SMILES string of the molecule is CC[C@@H](O)c1ccccc1N(CC)c1ccc(C)cc1. The van der Waals surface area contributed by atoms with Gasteiger partial charge in [-0.25, -0.2) is 0 Å². The van der Waals surface area contributed by atoms with Gasteiger partial charge in [0.2, 0.25) is 0 Å². The molecule has 0 aliphatic heterocycles. The zero-order valence-electron chi connectivity index (χ0n) is 12.5. The molecule has 1 atom stereocenters. The lowest BCUT2D eigenvalue weighted by molar-refractivity contribution is 0.174. The third-order valence-electron chi connectivity index (χ3n) is 3.64. The molecule has 0 bridgehead atoms. The van der Waals surface area contributed by atoms with Gasteiger partial charge < -0.3 is 10.0 Å². The molecule has 2 rings (SSSR count). The van der Waals surface area contributed by atoms with E-state index in [1.54, 1.807) is 0 Å². The van der Waals surface area contributed by atoms with E-state index in [9.17, 15) is 5.11 Å². The average Bonchev–Trinajstić information content (AvgIpc) is 2.49. The largest absolute Gasteiger partial charge is 0.388 e. The topological polar surface area (TPSA) is 23.5 Å². The van der Waals surface area contributed by atoms with Crippen LogP contribution in [0.25, 0.3) is 0 Å². The number of rotatable bonds is 5. The zero-order chi connectivity index (χ0) is 14.5. The van der Waals surface area contributed by atoms with Gasteiger partial charge in [-0.15, -0.1) is 0 Å². The number of anilines is 2. The maximum Gasteiger partial charge on any atom is 0.0807 e. The number of aryl methyl sites for hydroxylation is 1. The van der Waals surface area contributed by atoms with Gasteiger partial charge in [-0.3, -0.25) is 0 Å². The van der Waals surface area contributed by atoms with Crippen LogP contribution in [-0.4, -0.2) is 11.7 Å². The number of hydrogen-bond acceptors (Lipinski definition) is 2. The van der Waals surface area contributed by atoms with E-state index in [2.05, 4.69) is 49.1 Å². The van der Waals surface area contributed by atoms with Crippen molar-refractivity contribution in [3.63, 3.8) is 0 Å². The van der Waals surface area contributed by atoms with E-state index in [4.69, 9.17) is 0 Å². The molecule has 0 aliphatic carbocycles. The van der Waals surface area contributed by atoms with Gasteiger partial charge in [-0.2, -0.15) is 0 Å². The fourth-order valence-electron chi connectivity index (χ4n) is 2.45. The maximum atomic E-state index is 10.2. The van der Waals surface area contributed by atoms with Crippen LogP contribution in [0.15, 0.2) is 48.5 Å². The molecule has 0 amide bonds. The fourth-order valence-corrected chi connectivity index (χ4v) is 2.45. The van der Waals surface area contributed by atoms with Crippen LogP contribution in [0.1, 0.15) is 37.5 Å². The van der Waals surface area contributed by atoms with E-state index in [-0.39, 0.29) is 0 Å². The minimum atomic E-state index is -0.411. The quantitative estimate of drug-likeness (QED) is 0.857. The summed E-state index contributed by atoms with van der Waals surface area (Å²) in [4.78, 5) is 2.24. The van der Waals surface area contributed by atoms with Crippen molar-refractivity contribution in [1.29, 1.82) is 0 Å². The fraction of sp³-hybridized carbons (Fsp3) is 0.333. The summed E-state index contributed by atoms with van der Waals surface area (Å²) in [5.41, 5.74) is 4.51. The molecule has 0 spiro atoms. The van der Waals surface area contributed by atoms with Crippen LogP contribution in [0.2, 0.25) is 0 Å². The second-order valence-corrected chi connectivity index (χ2v) is 5.06. The minimum absolute atomic E-state index is 0.411. The lowest BCUT2D eigenvalue weighted by Crippen LogP contribution is -2.18. The Morgan fingerprint density at radius 3 is 2.25 bits per heavy atom. The molecule has 0 saturated heterocycles. The molecule has 2 heteroatoms. The molecule has 106 valence electrons. The summed E-state index contributed by atoms with van der Waals surface area (Å²) < 4.78 is 0. The highest BCUT2D eigenvalue weighted by atomic mass is 16.3. The van der Waals surface area contributed by atoms with Crippen molar-refractivity contribution in [3.05, 3.63) is 59.7 Å². The highest BCUT2D eigenvalue weighted by Gasteiger charge is 2.15. The van der Waals surface area contributed by atoms with Crippen LogP contribution in [-0.2, 0) is 0 Å². The average molecular weight is 269 g/mol. The molecule has 0 heterocycles. The first-order valence-electron chi connectivity index (χ1n) is 7.28. The first kappa shape index (κ1) is 14.6. The molecule has 0 aromatic heterocycles. The van der Waals surface area contributed by atoms with E-state index in [1.807, 2.05) is 25.1 Å². The lowest BCUT2D eigenvalue weighted by Gasteiger charge is -2.27. The van der Waals surface area contributed by atoms with Gasteiger partial charge in [0.05, 0.1) is 6.10 Å². The summed E-state index contributed by atoms with van der Waals surface area (Å²) in [6, 6.07) is 16.6. The summed E-state index contributed by atoms with van der Waals surface area (Å²) in [6.07, 6.45) is 0.313. The summed E-state index contributed by atoms with van der Waals surface area (Å²) in [7, 11) is 0. The van der Waals surface area contributed by atoms with Crippen molar-refractivity contribution in [2.24, 2.45) is 0 Å². The Hall–Kier alpha value is -1.80. The number of nitrogens with zero attached hydrogens (tertiary/aromatic N) is 1. The number of hydrogen-bond donors (Lipinski definition) is 1. The smallest absolute Gasteiger partial charge is 0.0807 e. The zero-order valence-corrected chi connectivity index (χ0v) is 12.5. The molecule has 0 unspecified atom stereocenters. The molecule has 0 radical (unpaired) electrons. The molecule has 20 heavy (non-hydrogen) atoms. The van der Waals surface area contributed by atoms with E-state index in [0.717, 1.165) is 29.9 Å². The van der Waals surface area contributed by atoms with Gasteiger partial charge in [-0.1, -0.05) is 42.8 Å². The monoisotopic (exact) mass is 269 g/mol. The number of para-hydroxylation sites is 1. The van der Waals surface area contributed by atoms with Crippen LogP contribution in [0, 0.1) is 6.92 Å². The Kier molecular flexibility index (Phi) is 4.80. The van der Waals surface area contributed by atoms with Crippen LogP contribution in [0.5, 0.6) is 0 Å². The van der Waals surface area contributed by atoms with Crippen LogP contribution in [0.4, 0.5) is 11.4 Å². The van der Waals surface area contributed by atoms with Gasteiger partial charge in [0.15, 0.2) is 0 Å². The normalized spacial score (nSPS) is 12.2. The van der Waals surface area contributed by atoms with Gasteiger partial charge in [0, 0.05) is 23.5 Å². The molecule has 1 N–H and O–H groups in total. The molecular formula is C18H23NO. The number of aliphatic hydroxyl groups excluding tert-OH is 1. The molecule has 0 saturated carbocycles. The van der Waals surface area contributed by atoms with Gasteiger partial charge >= 0.3 is 0 Å². The second kappa shape index (κ2) is 6.58. The Morgan fingerprint density at radius 2 is 1.65 bits per heavy atom.